The summed E-state index contributed by atoms with van der Waals surface area (Å²) in [7, 11) is 1.67. The monoisotopic (exact) mass is 294 g/mol. The molecule has 0 aliphatic rings. The van der Waals surface area contributed by atoms with Gasteiger partial charge in [-0.05, 0) is 24.6 Å². The van der Waals surface area contributed by atoms with Crippen molar-refractivity contribution < 1.29 is 4.74 Å². The minimum absolute atomic E-state index is 0.637. The van der Waals surface area contributed by atoms with Gasteiger partial charge in [-0.2, -0.15) is 5.10 Å². The van der Waals surface area contributed by atoms with E-state index in [0.29, 0.717) is 12.2 Å². The predicted molar refractivity (Wildman–Crippen MR) is 86.8 cm³/mol. The third-order valence-corrected chi connectivity index (χ3v) is 3.62. The molecule has 0 atom stereocenters. The molecule has 3 N–H and O–H groups in total. The number of aryl methyl sites for hydroxylation is 1. The predicted octanol–water partition coefficient (Wildman–Crippen LogP) is 2.96. The Hall–Kier alpha value is -2.82. The van der Waals surface area contributed by atoms with E-state index in [9.17, 15) is 0 Å². The molecule has 1 aromatic heterocycles. The summed E-state index contributed by atoms with van der Waals surface area (Å²) in [6.07, 6.45) is 0.637. The van der Waals surface area contributed by atoms with Crippen molar-refractivity contribution >= 4 is 5.69 Å². The number of nitrogens with zero attached hydrogens (tertiary/aromatic N) is 2. The second-order valence-corrected chi connectivity index (χ2v) is 5.17. The number of ether oxygens (including phenoxy) is 1. The molecule has 0 aliphatic heterocycles. The average Bonchev–Trinajstić information content (AvgIpc) is 2.99. The van der Waals surface area contributed by atoms with Crippen molar-refractivity contribution in [3.05, 3.63) is 59.4 Å². The lowest BCUT2D eigenvalue weighted by Gasteiger charge is -2.05. The molecule has 0 aliphatic carbocycles. The molecule has 0 unspecified atom stereocenters. The standard InChI is InChI=1S/C17H18N4O/c1-11-7-8-13(9-14(11)18)17-19-16(20-21-17)10-12-5-3-4-6-15(12)22-2/h3-9H,10,18H2,1-2H3,(H,19,20,21). The second-order valence-electron chi connectivity index (χ2n) is 5.17. The van der Waals surface area contributed by atoms with Crippen LogP contribution in [0, 0.1) is 6.92 Å². The number of nitrogens with one attached hydrogen (secondary N) is 1. The largest absolute Gasteiger partial charge is 0.496 e. The summed E-state index contributed by atoms with van der Waals surface area (Å²) < 4.78 is 5.36. The van der Waals surface area contributed by atoms with E-state index in [1.165, 1.54) is 0 Å². The first kappa shape index (κ1) is 14.1. The van der Waals surface area contributed by atoms with Gasteiger partial charge < -0.3 is 10.5 Å². The smallest absolute Gasteiger partial charge is 0.181 e. The van der Waals surface area contributed by atoms with E-state index >= 15 is 0 Å². The summed E-state index contributed by atoms with van der Waals surface area (Å²) in [6, 6.07) is 13.7. The number of aromatic amines is 1. The zero-order valence-electron chi connectivity index (χ0n) is 12.6. The Balaban J connectivity index is 1.86. The lowest BCUT2D eigenvalue weighted by Crippen LogP contribution is -1.95. The number of hydrogen-bond donors (Lipinski definition) is 2. The van der Waals surface area contributed by atoms with E-state index < -0.39 is 0 Å². The van der Waals surface area contributed by atoms with Gasteiger partial charge in [0.05, 0.1) is 7.11 Å². The van der Waals surface area contributed by atoms with E-state index in [1.54, 1.807) is 7.11 Å². The van der Waals surface area contributed by atoms with Crippen LogP contribution >= 0.6 is 0 Å². The fourth-order valence-electron chi connectivity index (χ4n) is 2.31. The van der Waals surface area contributed by atoms with Gasteiger partial charge in [0.2, 0.25) is 0 Å². The fraction of sp³-hybridized carbons (Fsp3) is 0.176. The van der Waals surface area contributed by atoms with Crippen LogP contribution < -0.4 is 10.5 Å². The molecule has 1 heterocycles. The van der Waals surface area contributed by atoms with Gasteiger partial charge in [-0.3, -0.25) is 5.10 Å². The van der Waals surface area contributed by atoms with Crippen molar-refractivity contribution in [3.63, 3.8) is 0 Å². The molecular weight excluding hydrogens is 276 g/mol. The van der Waals surface area contributed by atoms with Crippen LogP contribution in [0.1, 0.15) is 17.0 Å². The van der Waals surface area contributed by atoms with Gasteiger partial charge in [0.15, 0.2) is 5.82 Å². The Kier molecular flexibility index (Phi) is 3.78. The van der Waals surface area contributed by atoms with Gasteiger partial charge in [0, 0.05) is 23.2 Å². The molecule has 22 heavy (non-hydrogen) atoms. The number of benzene rings is 2. The number of H-pyrrole nitrogens is 1. The van der Waals surface area contributed by atoms with E-state index in [4.69, 9.17) is 10.5 Å². The number of anilines is 1. The minimum Gasteiger partial charge on any atom is -0.496 e. The number of hydrogen-bond acceptors (Lipinski definition) is 4. The van der Waals surface area contributed by atoms with Crippen LogP contribution in [0.15, 0.2) is 42.5 Å². The third-order valence-electron chi connectivity index (χ3n) is 3.62. The Morgan fingerprint density at radius 1 is 1.18 bits per heavy atom. The Morgan fingerprint density at radius 2 is 2.00 bits per heavy atom. The molecule has 0 bridgehead atoms. The van der Waals surface area contributed by atoms with Crippen molar-refractivity contribution in [1.82, 2.24) is 15.2 Å². The molecule has 2 aromatic carbocycles. The van der Waals surface area contributed by atoms with Crippen LogP contribution in [0.4, 0.5) is 5.69 Å². The van der Waals surface area contributed by atoms with E-state index in [-0.39, 0.29) is 0 Å². The molecule has 0 fully saturated rings. The number of para-hydroxylation sites is 1. The Bertz CT molecular complexity index is 795. The summed E-state index contributed by atoms with van der Waals surface area (Å²) in [5, 5.41) is 7.26. The molecule has 5 nitrogen and oxygen atoms in total. The lowest BCUT2D eigenvalue weighted by molar-refractivity contribution is 0.410. The third kappa shape index (κ3) is 2.79. The second kappa shape index (κ2) is 5.89. The van der Waals surface area contributed by atoms with Crippen LogP contribution in [0.2, 0.25) is 0 Å². The number of methoxy groups -OCH3 is 1. The van der Waals surface area contributed by atoms with Crippen molar-refractivity contribution in [3.8, 4) is 17.1 Å². The summed E-state index contributed by atoms with van der Waals surface area (Å²) in [6.45, 7) is 1.98. The fourth-order valence-corrected chi connectivity index (χ4v) is 2.31. The van der Waals surface area contributed by atoms with Gasteiger partial charge in [-0.15, -0.1) is 0 Å². The van der Waals surface area contributed by atoms with Gasteiger partial charge in [-0.1, -0.05) is 30.3 Å². The maximum absolute atomic E-state index is 5.94. The zero-order chi connectivity index (χ0) is 15.5. The lowest BCUT2D eigenvalue weighted by atomic mass is 10.1. The van der Waals surface area contributed by atoms with Crippen molar-refractivity contribution in [2.75, 3.05) is 12.8 Å². The van der Waals surface area contributed by atoms with Crippen molar-refractivity contribution in [2.45, 2.75) is 13.3 Å². The van der Waals surface area contributed by atoms with Gasteiger partial charge in [-0.25, -0.2) is 4.98 Å². The van der Waals surface area contributed by atoms with E-state index in [1.807, 2.05) is 49.4 Å². The summed E-state index contributed by atoms with van der Waals surface area (Å²) in [4.78, 5) is 4.54. The molecule has 3 rings (SSSR count). The van der Waals surface area contributed by atoms with Crippen molar-refractivity contribution in [1.29, 1.82) is 0 Å². The van der Waals surface area contributed by atoms with Crippen LogP contribution in [0.5, 0.6) is 5.75 Å². The highest BCUT2D eigenvalue weighted by molar-refractivity contribution is 5.63. The SMILES string of the molecule is COc1ccccc1Cc1nc(-c2ccc(C)c(N)c2)n[nH]1. The van der Waals surface area contributed by atoms with Crippen LogP contribution in [0.3, 0.4) is 0 Å². The molecule has 0 saturated carbocycles. The zero-order valence-corrected chi connectivity index (χ0v) is 12.6. The summed E-state index contributed by atoms with van der Waals surface area (Å²) in [5.41, 5.74) is 9.71. The highest BCUT2D eigenvalue weighted by Gasteiger charge is 2.10. The Labute approximate surface area is 129 Å². The first-order valence-electron chi connectivity index (χ1n) is 7.07. The summed E-state index contributed by atoms with van der Waals surface area (Å²) >= 11 is 0. The van der Waals surface area contributed by atoms with E-state index in [0.717, 1.165) is 34.0 Å². The topological polar surface area (TPSA) is 76.8 Å². The van der Waals surface area contributed by atoms with Gasteiger partial charge >= 0.3 is 0 Å². The Morgan fingerprint density at radius 3 is 2.77 bits per heavy atom. The number of aromatic nitrogens is 3. The van der Waals surface area contributed by atoms with Crippen molar-refractivity contribution in [2.24, 2.45) is 0 Å². The van der Waals surface area contributed by atoms with Crippen LogP contribution in [-0.2, 0) is 6.42 Å². The van der Waals surface area contributed by atoms with Crippen LogP contribution in [-0.4, -0.2) is 22.3 Å². The molecule has 0 saturated heterocycles. The molecule has 0 amide bonds. The molecule has 112 valence electrons. The molecule has 0 radical (unpaired) electrons. The molecular formula is C17H18N4O. The minimum atomic E-state index is 0.637. The molecule has 3 aromatic rings. The maximum Gasteiger partial charge on any atom is 0.181 e. The molecule has 5 heteroatoms. The number of nitrogens with two attached hydrogens (primary N) is 1. The van der Waals surface area contributed by atoms with E-state index in [2.05, 4.69) is 15.2 Å². The number of rotatable bonds is 4. The van der Waals surface area contributed by atoms with Gasteiger partial charge in [0.1, 0.15) is 11.6 Å². The van der Waals surface area contributed by atoms with Gasteiger partial charge in [0.25, 0.3) is 0 Å². The maximum atomic E-state index is 5.94. The highest BCUT2D eigenvalue weighted by Crippen LogP contribution is 2.23. The van der Waals surface area contributed by atoms with Crippen LogP contribution in [0.25, 0.3) is 11.4 Å². The summed E-state index contributed by atoms with van der Waals surface area (Å²) in [5.74, 6) is 2.29. The average molecular weight is 294 g/mol. The normalized spacial score (nSPS) is 10.6. The molecule has 0 spiro atoms. The first-order chi connectivity index (χ1) is 10.7. The highest BCUT2D eigenvalue weighted by atomic mass is 16.5. The first-order valence-corrected chi connectivity index (χ1v) is 7.07. The quantitative estimate of drug-likeness (QED) is 0.725. The number of nitrogen functional groups attached to an aromatic ring is 1.